The van der Waals surface area contributed by atoms with Crippen molar-refractivity contribution in [2.75, 3.05) is 39.3 Å². The lowest BCUT2D eigenvalue weighted by molar-refractivity contribution is -0.216. The Morgan fingerprint density at radius 1 is 1.46 bits per heavy atom. The van der Waals surface area contributed by atoms with Gasteiger partial charge in [0.25, 0.3) is 6.43 Å². The summed E-state index contributed by atoms with van der Waals surface area (Å²) in [4.78, 5) is 15.3. The molecular weight excluding hydrogens is 370 g/mol. The summed E-state index contributed by atoms with van der Waals surface area (Å²) in [5.74, 6) is -0.464. The van der Waals surface area contributed by atoms with Crippen molar-refractivity contribution in [1.82, 2.24) is 20.0 Å². The summed E-state index contributed by atoms with van der Waals surface area (Å²) in [5.41, 5.74) is -2.11. The average molecular weight is 400 g/mol. The van der Waals surface area contributed by atoms with Crippen LogP contribution in [0, 0.1) is 6.92 Å². The molecule has 2 aliphatic heterocycles. The van der Waals surface area contributed by atoms with Gasteiger partial charge in [-0.3, -0.25) is 9.58 Å². The number of morpholine rings is 1. The summed E-state index contributed by atoms with van der Waals surface area (Å²) in [5, 5.41) is 7.70. The van der Waals surface area contributed by atoms with Crippen molar-refractivity contribution in [1.29, 1.82) is 0 Å². The molecule has 0 amide bonds. The zero-order chi connectivity index (χ0) is 20.6. The molecule has 1 spiro atoms. The predicted molar refractivity (Wildman–Crippen MR) is 99.4 cm³/mol. The monoisotopic (exact) mass is 400 g/mol. The number of hydrogen-bond donors (Lipinski definition) is 1. The lowest BCUT2D eigenvalue weighted by Gasteiger charge is -2.55. The van der Waals surface area contributed by atoms with Gasteiger partial charge in [-0.15, -0.1) is 0 Å². The highest BCUT2D eigenvalue weighted by Gasteiger charge is 2.64. The van der Waals surface area contributed by atoms with Crippen LogP contribution >= 0.6 is 0 Å². The molecule has 28 heavy (non-hydrogen) atoms. The molecule has 3 heterocycles. The van der Waals surface area contributed by atoms with Gasteiger partial charge in [0.05, 0.1) is 19.3 Å². The molecule has 2 aliphatic rings. The number of nitrogens with one attached hydrogen (secondary N) is 1. The van der Waals surface area contributed by atoms with Crippen LogP contribution in [0.2, 0.25) is 0 Å². The van der Waals surface area contributed by atoms with Gasteiger partial charge in [0, 0.05) is 25.8 Å². The van der Waals surface area contributed by atoms with Crippen molar-refractivity contribution in [3.05, 3.63) is 18.0 Å². The van der Waals surface area contributed by atoms with Gasteiger partial charge >= 0.3 is 5.97 Å². The molecule has 0 aromatic carbocycles. The second-order valence-corrected chi connectivity index (χ2v) is 8.72. The highest BCUT2D eigenvalue weighted by atomic mass is 19.3. The van der Waals surface area contributed by atoms with E-state index in [4.69, 9.17) is 9.47 Å². The van der Waals surface area contributed by atoms with Crippen molar-refractivity contribution in [3.63, 3.8) is 0 Å². The number of carbonyl (C=O) groups excluding carboxylic acids is 1. The van der Waals surface area contributed by atoms with Crippen molar-refractivity contribution < 1.29 is 23.0 Å². The minimum atomic E-state index is -2.44. The van der Waals surface area contributed by atoms with E-state index in [1.165, 1.54) is 0 Å². The smallest absolute Gasteiger partial charge is 0.339 e. The zero-order valence-electron chi connectivity index (χ0n) is 17.0. The first-order chi connectivity index (χ1) is 13.1. The molecule has 3 rings (SSSR count). The zero-order valence-corrected chi connectivity index (χ0v) is 17.0. The topological polar surface area (TPSA) is 68.6 Å². The largest absolute Gasteiger partial charge is 0.458 e. The van der Waals surface area contributed by atoms with Crippen LogP contribution < -0.4 is 5.32 Å². The molecule has 2 saturated heterocycles. The van der Waals surface area contributed by atoms with Crippen LogP contribution in [0.25, 0.3) is 0 Å². The van der Waals surface area contributed by atoms with Crippen LogP contribution in [-0.4, -0.2) is 77.6 Å². The van der Waals surface area contributed by atoms with E-state index in [1.54, 1.807) is 42.7 Å². The van der Waals surface area contributed by atoms with E-state index in [2.05, 4.69) is 10.4 Å². The Morgan fingerprint density at radius 2 is 2.21 bits per heavy atom. The highest BCUT2D eigenvalue weighted by molar-refractivity contribution is 5.82. The van der Waals surface area contributed by atoms with Crippen molar-refractivity contribution in [3.8, 4) is 0 Å². The molecule has 2 unspecified atom stereocenters. The molecule has 2 fully saturated rings. The van der Waals surface area contributed by atoms with E-state index in [1.807, 2.05) is 6.92 Å². The lowest BCUT2D eigenvalue weighted by atomic mass is 9.73. The van der Waals surface area contributed by atoms with E-state index in [9.17, 15) is 13.6 Å². The number of ether oxygens (including phenoxy) is 2. The van der Waals surface area contributed by atoms with Gasteiger partial charge in [0.2, 0.25) is 5.54 Å². The Labute approximate surface area is 164 Å². The fraction of sp³-hybridized carbons (Fsp3) is 0.789. The molecule has 0 radical (unpaired) electrons. The van der Waals surface area contributed by atoms with Crippen LogP contribution in [0.5, 0.6) is 0 Å². The first-order valence-corrected chi connectivity index (χ1v) is 9.68. The van der Waals surface area contributed by atoms with E-state index in [-0.39, 0.29) is 26.2 Å². The number of aromatic nitrogens is 2. The molecular formula is C19H30F2N4O3. The average Bonchev–Trinajstić information content (AvgIpc) is 3.00. The number of carbonyl (C=O) groups is 1. The number of halogens is 2. The maximum atomic E-state index is 13.6. The maximum Gasteiger partial charge on any atom is 0.339 e. The van der Waals surface area contributed by atoms with Gasteiger partial charge in [0.15, 0.2) is 0 Å². The number of rotatable bonds is 4. The minimum absolute atomic E-state index is 0.219. The van der Waals surface area contributed by atoms with Gasteiger partial charge < -0.3 is 14.8 Å². The Hall–Kier alpha value is -1.58. The molecule has 2 atom stereocenters. The van der Waals surface area contributed by atoms with Crippen LogP contribution in [0.1, 0.15) is 32.8 Å². The van der Waals surface area contributed by atoms with E-state index in [0.717, 1.165) is 5.56 Å². The molecule has 0 bridgehead atoms. The summed E-state index contributed by atoms with van der Waals surface area (Å²) in [7, 11) is 0. The van der Waals surface area contributed by atoms with Crippen LogP contribution in [-0.2, 0) is 19.8 Å². The second kappa shape index (κ2) is 7.68. The Bertz CT molecular complexity index is 702. The van der Waals surface area contributed by atoms with Crippen LogP contribution in [0.15, 0.2) is 12.4 Å². The Morgan fingerprint density at radius 3 is 2.82 bits per heavy atom. The normalized spacial score (nSPS) is 29.4. The van der Waals surface area contributed by atoms with E-state index >= 15 is 0 Å². The number of piperidine rings is 1. The van der Waals surface area contributed by atoms with Gasteiger partial charge in [-0.1, -0.05) is 0 Å². The number of esters is 1. The molecule has 0 aliphatic carbocycles. The SMILES string of the molecule is Cc1cnn(C2(C(=O)OC(C)(C)C)CNCCC23CN(CC(F)F)CCO3)c1. The second-order valence-electron chi connectivity index (χ2n) is 8.72. The third-order valence-electron chi connectivity index (χ3n) is 5.34. The van der Waals surface area contributed by atoms with Crippen molar-refractivity contribution in [2.45, 2.75) is 57.3 Å². The molecule has 1 aromatic heterocycles. The standard InChI is InChI=1S/C19H30F2N4O3/c1-14-9-23-25(10-14)19(16(26)28-17(2,3)4)12-22-6-5-18(19)13-24(7-8-27-18)11-15(20)21/h9-10,15,22H,5-8,11-13H2,1-4H3. The third kappa shape index (κ3) is 3.92. The fourth-order valence-corrected chi connectivity index (χ4v) is 4.16. The van der Waals surface area contributed by atoms with E-state index < -0.39 is 29.1 Å². The first kappa shape index (κ1) is 21.1. The fourth-order valence-electron chi connectivity index (χ4n) is 4.16. The summed E-state index contributed by atoms with van der Waals surface area (Å²) in [6.07, 6.45) is 1.51. The number of nitrogens with zero attached hydrogens (tertiary/aromatic N) is 3. The van der Waals surface area contributed by atoms with Gasteiger partial charge in [-0.2, -0.15) is 5.10 Å². The predicted octanol–water partition coefficient (Wildman–Crippen LogP) is 1.56. The Balaban J connectivity index is 2.08. The first-order valence-electron chi connectivity index (χ1n) is 9.68. The van der Waals surface area contributed by atoms with Gasteiger partial charge in [-0.05, 0) is 46.2 Å². The molecule has 158 valence electrons. The summed E-state index contributed by atoms with van der Waals surface area (Å²) < 4.78 is 39.8. The third-order valence-corrected chi connectivity index (χ3v) is 5.34. The number of aryl methyl sites for hydroxylation is 1. The van der Waals surface area contributed by atoms with Crippen LogP contribution in [0.4, 0.5) is 8.78 Å². The molecule has 0 saturated carbocycles. The Kier molecular flexibility index (Phi) is 5.80. The number of alkyl halides is 2. The minimum Gasteiger partial charge on any atom is -0.458 e. The molecule has 7 nitrogen and oxygen atoms in total. The quantitative estimate of drug-likeness (QED) is 0.774. The molecule has 9 heteroatoms. The molecule has 1 aromatic rings. The van der Waals surface area contributed by atoms with E-state index in [0.29, 0.717) is 19.5 Å². The van der Waals surface area contributed by atoms with Gasteiger partial charge in [0.1, 0.15) is 11.2 Å². The summed E-state index contributed by atoms with van der Waals surface area (Å²) >= 11 is 0. The summed E-state index contributed by atoms with van der Waals surface area (Å²) in [6.45, 7) is 8.73. The highest BCUT2D eigenvalue weighted by Crippen LogP contribution is 2.42. The van der Waals surface area contributed by atoms with Crippen molar-refractivity contribution in [2.24, 2.45) is 0 Å². The van der Waals surface area contributed by atoms with Crippen molar-refractivity contribution >= 4 is 5.97 Å². The maximum absolute atomic E-state index is 13.6. The molecule has 1 N–H and O–H groups in total. The van der Waals surface area contributed by atoms with Gasteiger partial charge in [-0.25, -0.2) is 13.6 Å². The number of hydrogen-bond acceptors (Lipinski definition) is 6. The summed E-state index contributed by atoms with van der Waals surface area (Å²) in [6, 6.07) is 0. The lowest BCUT2D eigenvalue weighted by Crippen LogP contribution is -2.75. The van der Waals surface area contributed by atoms with Crippen LogP contribution in [0.3, 0.4) is 0 Å².